The molecule has 0 saturated carbocycles. The van der Waals surface area contributed by atoms with E-state index in [1.165, 1.54) is 18.3 Å². The van der Waals surface area contributed by atoms with Gasteiger partial charge in [-0.3, -0.25) is 9.78 Å². The number of halogens is 3. The lowest BCUT2D eigenvalue weighted by molar-refractivity contribution is -0.192. The normalized spacial score (nSPS) is 12.7. The molecule has 4 nitrogen and oxygen atoms in total. The summed E-state index contributed by atoms with van der Waals surface area (Å²) in [5.41, 5.74) is 1.61. The van der Waals surface area contributed by atoms with E-state index in [4.69, 9.17) is 0 Å². The van der Waals surface area contributed by atoms with Crippen LogP contribution >= 0.6 is 0 Å². The molecule has 0 aliphatic heterocycles. The SMILES string of the molecule is CN(C(=O)C(C)(C)C)[C@@H](c1ccc(N=C(c2ccccc2)c2ccccc2)cn1)C(F)(F)F. The number of rotatable bonds is 5. The van der Waals surface area contributed by atoms with Crippen LogP contribution in [0.5, 0.6) is 0 Å². The van der Waals surface area contributed by atoms with E-state index in [0.29, 0.717) is 16.3 Å². The lowest BCUT2D eigenvalue weighted by atomic mass is 9.93. The van der Waals surface area contributed by atoms with Gasteiger partial charge in [0.25, 0.3) is 0 Å². The Balaban J connectivity index is 2.00. The first-order chi connectivity index (χ1) is 15.5. The minimum Gasteiger partial charge on any atom is -0.328 e. The second-order valence-corrected chi connectivity index (χ2v) is 8.74. The molecule has 0 bridgehead atoms. The van der Waals surface area contributed by atoms with Gasteiger partial charge in [0.2, 0.25) is 5.91 Å². The molecule has 33 heavy (non-hydrogen) atoms. The molecule has 1 amide bonds. The van der Waals surface area contributed by atoms with E-state index in [1.807, 2.05) is 60.7 Å². The number of carbonyl (C=O) groups excluding carboxylic acids is 1. The van der Waals surface area contributed by atoms with Crippen molar-refractivity contribution in [2.45, 2.75) is 33.0 Å². The number of hydrogen-bond donors (Lipinski definition) is 0. The summed E-state index contributed by atoms with van der Waals surface area (Å²) in [6, 6.07) is 19.7. The molecule has 0 N–H and O–H groups in total. The topological polar surface area (TPSA) is 45.6 Å². The van der Waals surface area contributed by atoms with Gasteiger partial charge in [0.1, 0.15) is 0 Å². The average molecular weight is 454 g/mol. The maximum Gasteiger partial charge on any atom is 0.414 e. The van der Waals surface area contributed by atoms with Gasteiger partial charge in [-0.25, -0.2) is 4.99 Å². The lowest BCUT2D eigenvalue weighted by Crippen LogP contribution is -2.44. The third kappa shape index (κ3) is 5.86. The van der Waals surface area contributed by atoms with Gasteiger partial charge in [0.05, 0.1) is 23.3 Å². The van der Waals surface area contributed by atoms with Crippen molar-refractivity contribution in [3.8, 4) is 0 Å². The summed E-state index contributed by atoms with van der Waals surface area (Å²) in [7, 11) is 1.16. The number of nitrogens with zero attached hydrogens (tertiary/aromatic N) is 3. The van der Waals surface area contributed by atoms with Crippen LogP contribution in [0.3, 0.4) is 0 Å². The largest absolute Gasteiger partial charge is 0.414 e. The van der Waals surface area contributed by atoms with E-state index in [9.17, 15) is 18.0 Å². The zero-order chi connectivity index (χ0) is 24.2. The van der Waals surface area contributed by atoms with E-state index in [2.05, 4.69) is 9.98 Å². The van der Waals surface area contributed by atoms with Gasteiger partial charge in [-0.15, -0.1) is 0 Å². The smallest absolute Gasteiger partial charge is 0.328 e. The third-order valence-electron chi connectivity index (χ3n) is 5.05. The number of amides is 1. The predicted octanol–water partition coefficient (Wildman–Crippen LogP) is 6.36. The molecule has 0 radical (unpaired) electrons. The number of aliphatic imine (C=N–C) groups is 1. The fourth-order valence-corrected chi connectivity index (χ4v) is 3.47. The highest BCUT2D eigenvalue weighted by Crippen LogP contribution is 2.38. The van der Waals surface area contributed by atoms with Crippen LogP contribution < -0.4 is 0 Å². The van der Waals surface area contributed by atoms with Gasteiger partial charge in [0.15, 0.2) is 6.04 Å². The lowest BCUT2D eigenvalue weighted by Gasteiger charge is -2.33. The van der Waals surface area contributed by atoms with Crippen molar-refractivity contribution < 1.29 is 18.0 Å². The maximum atomic E-state index is 13.9. The Kier molecular flexibility index (Phi) is 7.01. The van der Waals surface area contributed by atoms with Crippen LogP contribution in [0, 0.1) is 5.41 Å². The molecule has 172 valence electrons. The fraction of sp³-hybridized carbons (Fsp3) is 0.269. The molecule has 1 atom stereocenters. The third-order valence-corrected chi connectivity index (χ3v) is 5.05. The Bertz CT molecular complexity index is 1060. The molecule has 0 unspecified atom stereocenters. The molecular formula is C26H26F3N3O. The molecule has 3 rings (SSSR count). The highest BCUT2D eigenvalue weighted by molar-refractivity contribution is 6.13. The Hall–Kier alpha value is -3.48. The van der Waals surface area contributed by atoms with Crippen LogP contribution in [0.4, 0.5) is 18.9 Å². The molecule has 0 saturated heterocycles. The molecular weight excluding hydrogens is 427 g/mol. The van der Waals surface area contributed by atoms with Crippen LogP contribution in [0.25, 0.3) is 0 Å². The van der Waals surface area contributed by atoms with Crippen molar-refractivity contribution in [2.75, 3.05) is 7.05 Å². The zero-order valence-electron chi connectivity index (χ0n) is 19.0. The van der Waals surface area contributed by atoms with E-state index in [1.54, 1.807) is 20.8 Å². The fourth-order valence-electron chi connectivity index (χ4n) is 3.47. The monoisotopic (exact) mass is 453 g/mol. The summed E-state index contributed by atoms with van der Waals surface area (Å²) in [4.78, 5) is 22.0. The number of pyridine rings is 1. The Morgan fingerprint density at radius 2 is 1.39 bits per heavy atom. The van der Waals surface area contributed by atoms with Gasteiger partial charge in [-0.2, -0.15) is 13.2 Å². The molecule has 0 fully saturated rings. The van der Waals surface area contributed by atoms with Gasteiger partial charge in [0, 0.05) is 23.6 Å². The summed E-state index contributed by atoms with van der Waals surface area (Å²) >= 11 is 0. The minimum atomic E-state index is -4.67. The summed E-state index contributed by atoms with van der Waals surface area (Å²) in [5, 5.41) is 0. The molecule has 1 heterocycles. The minimum absolute atomic E-state index is 0.262. The van der Waals surface area contributed by atoms with E-state index < -0.39 is 23.5 Å². The van der Waals surface area contributed by atoms with E-state index >= 15 is 0 Å². The van der Waals surface area contributed by atoms with Crippen LogP contribution in [0.15, 0.2) is 84.0 Å². The summed E-state index contributed by atoms with van der Waals surface area (Å²) in [6.07, 6.45) is -3.37. The molecule has 2 aromatic carbocycles. The Labute approximate surface area is 191 Å². The van der Waals surface area contributed by atoms with Crippen LogP contribution in [0.2, 0.25) is 0 Å². The van der Waals surface area contributed by atoms with Crippen molar-refractivity contribution in [3.63, 3.8) is 0 Å². The molecule has 0 spiro atoms. The Morgan fingerprint density at radius 3 is 1.79 bits per heavy atom. The van der Waals surface area contributed by atoms with Crippen molar-refractivity contribution in [2.24, 2.45) is 10.4 Å². The van der Waals surface area contributed by atoms with Gasteiger partial charge >= 0.3 is 6.18 Å². The number of alkyl halides is 3. The summed E-state index contributed by atoms with van der Waals surface area (Å²) < 4.78 is 41.7. The summed E-state index contributed by atoms with van der Waals surface area (Å²) in [5.74, 6) is -0.621. The molecule has 7 heteroatoms. The quantitative estimate of drug-likeness (QED) is 0.422. The van der Waals surface area contributed by atoms with Gasteiger partial charge in [-0.1, -0.05) is 81.4 Å². The number of hydrogen-bond acceptors (Lipinski definition) is 3. The number of aromatic nitrogens is 1. The highest BCUT2D eigenvalue weighted by atomic mass is 19.4. The first-order valence-electron chi connectivity index (χ1n) is 10.5. The van der Waals surface area contributed by atoms with E-state index in [-0.39, 0.29) is 5.69 Å². The van der Waals surface area contributed by atoms with Crippen molar-refractivity contribution in [1.29, 1.82) is 0 Å². The second kappa shape index (κ2) is 9.57. The summed E-state index contributed by atoms with van der Waals surface area (Å²) in [6.45, 7) is 4.75. The molecule has 1 aromatic heterocycles. The van der Waals surface area contributed by atoms with Gasteiger partial charge < -0.3 is 4.90 Å². The number of benzene rings is 2. The van der Waals surface area contributed by atoms with E-state index in [0.717, 1.165) is 18.2 Å². The Morgan fingerprint density at radius 1 is 0.879 bits per heavy atom. The van der Waals surface area contributed by atoms with Crippen LogP contribution in [-0.2, 0) is 4.79 Å². The van der Waals surface area contributed by atoms with Crippen molar-refractivity contribution >= 4 is 17.3 Å². The molecule has 0 aliphatic carbocycles. The average Bonchev–Trinajstić information content (AvgIpc) is 2.77. The van der Waals surface area contributed by atoms with Crippen molar-refractivity contribution in [1.82, 2.24) is 9.88 Å². The zero-order valence-corrected chi connectivity index (χ0v) is 19.0. The number of carbonyl (C=O) groups is 1. The first-order valence-corrected chi connectivity index (χ1v) is 10.5. The van der Waals surface area contributed by atoms with Crippen LogP contribution in [-0.4, -0.2) is 34.7 Å². The standard InChI is InChI=1S/C26H26F3N3O/c1-25(2,3)24(33)32(4)23(26(27,28)29)21-16-15-20(17-30-21)31-22(18-11-7-5-8-12-18)19-13-9-6-10-14-19/h5-17,23H,1-4H3/t23-/m0/s1. The van der Waals surface area contributed by atoms with Crippen molar-refractivity contribution in [3.05, 3.63) is 95.8 Å². The van der Waals surface area contributed by atoms with Gasteiger partial charge in [-0.05, 0) is 12.1 Å². The maximum absolute atomic E-state index is 13.9. The van der Waals surface area contributed by atoms with Crippen LogP contribution in [0.1, 0.15) is 43.6 Å². The highest BCUT2D eigenvalue weighted by Gasteiger charge is 2.47. The second-order valence-electron chi connectivity index (χ2n) is 8.74. The molecule has 3 aromatic rings. The predicted molar refractivity (Wildman–Crippen MR) is 123 cm³/mol. The molecule has 0 aliphatic rings. The first kappa shape index (κ1) is 24.2.